The predicted molar refractivity (Wildman–Crippen MR) is 182 cm³/mol. The second-order valence-corrected chi connectivity index (χ2v) is 11.3. The van der Waals surface area contributed by atoms with Gasteiger partial charge in [0.15, 0.2) is 11.5 Å². The maximum Gasteiger partial charge on any atom is 0.261 e. The highest BCUT2D eigenvalue weighted by atomic mass is 19.1. The van der Waals surface area contributed by atoms with Gasteiger partial charge in [0, 0.05) is 41.0 Å². The third-order valence-electron chi connectivity index (χ3n) is 8.00. The van der Waals surface area contributed by atoms with Crippen LogP contribution in [0, 0.1) is 5.82 Å². The quantitative estimate of drug-likeness (QED) is 0.176. The van der Waals surface area contributed by atoms with Gasteiger partial charge in [0.05, 0.1) is 33.5 Å². The minimum absolute atomic E-state index is 0.0612. The third kappa shape index (κ3) is 7.77. The number of rotatable bonds is 11. The van der Waals surface area contributed by atoms with Crippen LogP contribution >= 0.6 is 0 Å². The van der Waals surface area contributed by atoms with E-state index in [2.05, 4.69) is 10.3 Å². The van der Waals surface area contributed by atoms with E-state index in [1.807, 2.05) is 24.3 Å². The lowest BCUT2D eigenvalue weighted by molar-refractivity contribution is -0.101. The number of ether oxygens (including phenoxy) is 4. The molecule has 0 radical (unpaired) electrons. The Morgan fingerprint density at radius 2 is 1.69 bits per heavy atom. The van der Waals surface area contributed by atoms with E-state index in [1.54, 1.807) is 37.6 Å². The molecule has 5 aromatic rings. The Labute approximate surface area is 281 Å². The van der Waals surface area contributed by atoms with Gasteiger partial charge in [0.1, 0.15) is 36.6 Å². The number of benzene rings is 3. The number of amides is 1. The van der Waals surface area contributed by atoms with Crippen LogP contribution in [0.25, 0.3) is 33.4 Å². The van der Waals surface area contributed by atoms with Crippen LogP contribution in [0.1, 0.15) is 10.4 Å². The average Bonchev–Trinajstić information content (AvgIpc) is 3.13. The molecule has 0 aliphatic carbocycles. The van der Waals surface area contributed by atoms with Crippen molar-refractivity contribution in [2.24, 2.45) is 0 Å². The van der Waals surface area contributed by atoms with Crippen molar-refractivity contribution in [3.8, 4) is 44.9 Å². The molecule has 0 bridgehead atoms. The molecule has 3 heterocycles. The van der Waals surface area contributed by atoms with E-state index in [4.69, 9.17) is 24.7 Å². The van der Waals surface area contributed by atoms with E-state index in [-0.39, 0.29) is 23.8 Å². The van der Waals surface area contributed by atoms with Gasteiger partial charge in [-0.3, -0.25) is 9.59 Å². The van der Waals surface area contributed by atoms with Crippen LogP contribution in [0.15, 0.2) is 96.2 Å². The maximum atomic E-state index is 13.5. The van der Waals surface area contributed by atoms with Gasteiger partial charge >= 0.3 is 0 Å². The van der Waals surface area contributed by atoms with Crippen molar-refractivity contribution < 1.29 is 32.5 Å². The zero-order chi connectivity index (χ0) is 34.3. The number of pyridine rings is 2. The van der Waals surface area contributed by atoms with Crippen LogP contribution in [0.2, 0.25) is 0 Å². The van der Waals surface area contributed by atoms with Crippen LogP contribution < -0.4 is 26.0 Å². The lowest BCUT2D eigenvalue weighted by Crippen LogP contribution is -2.33. The van der Waals surface area contributed by atoms with Crippen molar-refractivity contribution in [1.82, 2.24) is 9.55 Å². The fourth-order valence-electron chi connectivity index (χ4n) is 5.43. The summed E-state index contributed by atoms with van der Waals surface area (Å²) in [7, 11) is 1.57. The topological polar surface area (TPSA) is 127 Å². The summed E-state index contributed by atoms with van der Waals surface area (Å²) in [6.07, 6.45) is 4.29. The summed E-state index contributed by atoms with van der Waals surface area (Å²) < 4.78 is 50.8. The number of methoxy groups -OCH3 is 1. The minimum Gasteiger partial charge on any atom is -0.493 e. The van der Waals surface area contributed by atoms with E-state index in [9.17, 15) is 18.4 Å². The van der Waals surface area contributed by atoms with E-state index < -0.39 is 23.8 Å². The number of carbonyl (C=O) groups is 1. The summed E-state index contributed by atoms with van der Waals surface area (Å²) in [6, 6.07) is 19.7. The molecule has 10 nitrogen and oxygen atoms in total. The molecule has 252 valence electrons. The lowest BCUT2D eigenvalue weighted by Gasteiger charge is -2.23. The monoisotopic (exact) mass is 668 g/mol. The molecular weight excluding hydrogens is 634 g/mol. The molecule has 49 heavy (non-hydrogen) atoms. The number of aryl methyl sites for hydroxylation is 1. The molecule has 1 fully saturated rings. The average molecular weight is 669 g/mol. The van der Waals surface area contributed by atoms with Gasteiger partial charge in [-0.05, 0) is 59.2 Å². The van der Waals surface area contributed by atoms with Crippen LogP contribution in [-0.2, 0) is 16.0 Å². The first-order valence-corrected chi connectivity index (χ1v) is 15.6. The Bertz CT molecular complexity index is 1990. The van der Waals surface area contributed by atoms with Gasteiger partial charge in [-0.1, -0.05) is 30.3 Å². The molecule has 1 atom stereocenters. The molecule has 2 aromatic heterocycles. The van der Waals surface area contributed by atoms with Gasteiger partial charge in [-0.2, -0.15) is 0 Å². The second-order valence-electron chi connectivity index (χ2n) is 11.3. The van der Waals surface area contributed by atoms with Crippen molar-refractivity contribution in [2.45, 2.75) is 12.6 Å². The normalized spacial score (nSPS) is 14.3. The van der Waals surface area contributed by atoms with E-state index in [0.717, 1.165) is 16.7 Å². The SMILES string of the molecule is COc1cc(-c2cnc(N)c(-c3ccc(NC(=O)c4cn(CCF)cc(-c5ccc(F)cc5)c4=O)cc3)c2)ccc1OC[C@H]1COCCO1. The van der Waals surface area contributed by atoms with Crippen molar-refractivity contribution in [3.05, 3.63) is 113 Å². The number of nitrogens with two attached hydrogens (primary N) is 1. The van der Waals surface area contributed by atoms with E-state index in [0.29, 0.717) is 60.6 Å². The first kappa shape index (κ1) is 33.3. The lowest BCUT2D eigenvalue weighted by atomic mass is 10.0. The molecule has 0 unspecified atom stereocenters. The number of hydrogen-bond donors (Lipinski definition) is 2. The van der Waals surface area contributed by atoms with E-state index >= 15 is 0 Å². The Hall–Kier alpha value is -5.59. The Kier molecular flexibility index (Phi) is 10.3. The number of alkyl halides is 1. The number of carbonyl (C=O) groups excluding carboxylic acids is 1. The number of halogens is 2. The van der Waals surface area contributed by atoms with Gasteiger partial charge in [-0.15, -0.1) is 0 Å². The first-order valence-electron chi connectivity index (χ1n) is 15.6. The highest BCUT2D eigenvalue weighted by molar-refractivity contribution is 6.04. The summed E-state index contributed by atoms with van der Waals surface area (Å²) in [5, 5.41) is 2.74. The number of nitrogens with zero attached hydrogens (tertiary/aromatic N) is 2. The molecule has 1 aliphatic heterocycles. The highest BCUT2D eigenvalue weighted by Gasteiger charge is 2.19. The molecule has 1 aliphatic rings. The maximum absolute atomic E-state index is 13.5. The van der Waals surface area contributed by atoms with Gasteiger partial charge in [0.2, 0.25) is 5.43 Å². The number of anilines is 2. The predicted octanol–water partition coefficient (Wildman–Crippen LogP) is 5.99. The summed E-state index contributed by atoms with van der Waals surface area (Å²) in [5.41, 5.74) is 9.57. The summed E-state index contributed by atoms with van der Waals surface area (Å²) >= 11 is 0. The molecule has 3 N–H and O–H groups in total. The standard InChI is InChI=1S/C37H34F2N4O6/c1-46-34-17-25(6-11-33(34)49-22-29-21-47-14-15-48-29)26-16-30(36(40)41-18-26)23-4-9-28(10-5-23)42-37(45)32-20-43(13-12-38)19-31(35(32)44)24-2-7-27(39)8-3-24/h2-11,16-20,29H,12-15,21-22H2,1H3,(H2,40,41)(H,42,45)/t29-/m1/s1. The smallest absolute Gasteiger partial charge is 0.261 e. The molecule has 1 amide bonds. The molecule has 6 rings (SSSR count). The number of hydrogen-bond acceptors (Lipinski definition) is 8. The molecule has 12 heteroatoms. The number of aromatic nitrogens is 2. The second kappa shape index (κ2) is 15.1. The van der Waals surface area contributed by atoms with Gasteiger partial charge in [0.25, 0.3) is 5.91 Å². The Morgan fingerprint density at radius 1 is 0.959 bits per heavy atom. The summed E-state index contributed by atoms with van der Waals surface area (Å²) in [6.45, 7) is 1.16. The van der Waals surface area contributed by atoms with Crippen LogP contribution in [0.5, 0.6) is 11.5 Å². The van der Waals surface area contributed by atoms with Crippen molar-refractivity contribution in [3.63, 3.8) is 0 Å². The Morgan fingerprint density at radius 3 is 2.41 bits per heavy atom. The van der Waals surface area contributed by atoms with Crippen molar-refractivity contribution >= 4 is 17.4 Å². The summed E-state index contributed by atoms with van der Waals surface area (Å²) in [5.74, 6) is 0.302. The van der Waals surface area contributed by atoms with E-state index in [1.165, 1.54) is 41.2 Å². The van der Waals surface area contributed by atoms with Crippen LogP contribution in [0.4, 0.5) is 20.3 Å². The fourth-order valence-corrected chi connectivity index (χ4v) is 5.43. The van der Waals surface area contributed by atoms with Crippen molar-refractivity contribution in [1.29, 1.82) is 0 Å². The molecule has 3 aromatic carbocycles. The Balaban J connectivity index is 1.20. The van der Waals surface area contributed by atoms with Gasteiger partial charge in [-0.25, -0.2) is 13.8 Å². The first-order chi connectivity index (χ1) is 23.8. The molecule has 0 saturated carbocycles. The van der Waals surface area contributed by atoms with Gasteiger partial charge < -0.3 is 34.6 Å². The minimum atomic E-state index is -0.701. The molecule has 0 spiro atoms. The zero-order valence-electron chi connectivity index (χ0n) is 26.7. The largest absolute Gasteiger partial charge is 0.493 e. The third-order valence-corrected chi connectivity index (χ3v) is 8.00. The van der Waals surface area contributed by atoms with Crippen LogP contribution in [-0.4, -0.2) is 61.8 Å². The zero-order valence-corrected chi connectivity index (χ0v) is 26.7. The number of nitrogens with one attached hydrogen (secondary N) is 1. The molecule has 1 saturated heterocycles. The van der Waals surface area contributed by atoms with Crippen LogP contribution in [0.3, 0.4) is 0 Å². The fraction of sp³-hybridized carbons (Fsp3) is 0.216. The highest BCUT2D eigenvalue weighted by Crippen LogP contribution is 2.35. The molecular formula is C37H34F2N4O6. The van der Waals surface area contributed by atoms with Crippen molar-refractivity contribution in [2.75, 3.05) is 51.3 Å². The summed E-state index contributed by atoms with van der Waals surface area (Å²) in [4.78, 5) is 31.0. The number of nitrogen functional groups attached to an aromatic ring is 1.